The first kappa shape index (κ1) is 13.9. The molecule has 2 nitrogen and oxygen atoms in total. The number of aromatic amines is 1. The normalized spacial score (nSPS) is 11.0. The highest BCUT2D eigenvalue weighted by atomic mass is 35.5. The summed E-state index contributed by atoms with van der Waals surface area (Å²) in [6.07, 6.45) is 2.17. The fourth-order valence-corrected chi connectivity index (χ4v) is 2.69. The van der Waals surface area contributed by atoms with Crippen molar-refractivity contribution in [2.75, 3.05) is 0 Å². The van der Waals surface area contributed by atoms with Crippen LogP contribution in [0.4, 0.5) is 0 Å². The summed E-state index contributed by atoms with van der Waals surface area (Å²) in [6, 6.07) is 11.7. The summed E-state index contributed by atoms with van der Waals surface area (Å²) in [6.45, 7) is 4.14. The van der Waals surface area contributed by atoms with Gasteiger partial charge in [0.2, 0.25) is 0 Å². The molecule has 1 heterocycles. The van der Waals surface area contributed by atoms with Crippen LogP contribution in [0.1, 0.15) is 27.0 Å². The average molecular weight is 298 g/mol. The van der Waals surface area contributed by atoms with Gasteiger partial charge in [-0.2, -0.15) is 0 Å². The van der Waals surface area contributed by atoms with E-state index in [1.54, 1.807) is 6.20 Å². The van der Waals surface area contributed by atoms with Crippen molar-refractivity contribution in [1.29, 1.82) is 0 Å². The quantitative estimate of drug-likeness (QED) is 0.688. The van der Waals surface area contributed by atoms with Gasteiger partial charge in [-0.25, -0.2) is 0 Å². The third-order valence-corrected chi connectivity index (χ3v) is 4.12. The van der Waals surface area contributed by atoms with Gasteiger partial charge in [0, 0.05) is 34.1 Å². The number of hydrogen-bond acceptors (Lipinski definition) is 1. The van der Waals surface area contributed by atoms with E-state index in [9.17, 15) is 4.79 Å². The number of fused-ring (bicyclic) bond motifs is 1. The lowest BCUT2D eigenvalue weighted by Gasteiger charge is -2.04. The number of carbonyl (C=O) groups excluding carboxylic acids is 1. The first-order chi connectivity index (χ1) is 10.0. The van der Waals surface area contributed by atoms with E-state index in [0.29, 0.717) is 17.0 Å². The number of hydrogen-bond donors (Lipinski definition) is 1. The van der Waals surface area contributed by atoms with Crippen LogP contribution in [0.3, 0.4) is 0 Å². The lowest BCUT2D eigenvalue weighted by molar-refractivity contribution is 0.0994. The molecule has 0 saturated heterocycles. The number of aromatic nitrogens is 1. The van der Waals surface area contributed by atoms with Crippen LogP contribution >= 0.6 is 11.6 Å². The molecular formula is C18H16ClNO. The monoisotopic (exact) mass is 297 g/mol. The molecular weight excluding hydrogens is 282 g/mol. The van der Waals surface area contributed by atoms with E-state index >= 15 is 0 Å². The number of ketones is 1. The number of halogens is 1. The van der Waals surface area contributed by atoms with E-state index in [1.165, 1.54) is 11.1 Å². The molecule has 0 spiro atoms. The molecule has 106 valence electrons. The summed E-state index contributed by atoms with van der Waals surface area (Å²) >= 11 is 6.03. The zero-order valence-electron chi connectivity index (χ0n) is 12.0. The fourth-order valence-electron chi connectivity index (χ4n) is 2.52. The molecule has 0 radical (unpaired) electrons. The molecule has 0 fully saturated rings. The Morgan fingerprint density at radius 2 is 1.90 bits per heavy atom. The molecule has 3 rings (SSSR count). The van der Waals surface area contributed by atoms with E-state index in [0.717, 1.165) is 16.5 Å². The highest BCUT2D eigenvalue weighted by molar-refractivity contribution is 6.31. The Bertz CT molecular complexity index is 832. The minimum atomic E-state index is 0.103. The van der Waals surface area contributed by atoms with Gasteiger partial charge < -0.3 is 4.98 Å². The third-order valence-electron chi connectivity index (χ3n) is 3.88. The summed E-state index contributed by atoms with van der Waals surface area (Å²) in [7, 11) is 0. The molecule has 0 atom stereocenters. The van der Waals surface area contributed by atoms with E-state index in [-0.39, 0.29) is 5.78 Å². The zero-order valence-corrected chi connectivity index (χ0v) is 12.8. The Morgan fingerprint density at radius 3 is 2.67 bits per heavy atom. The molecule has 2 aromatic carbocycles. The first-order valence-electron chi connectivity index (χ1n) is 6.90. The Kier molecular flexibility index (Phi) is 3.56. The van der Waals surface area contributed by atoms with Gasteiger partial charge in [-0.05, 0) is 48.7 Å². The van der Waals surface area contributed by atoms with E-state index in [1.807, 2.05) is 24.3 Å². The molecule has 0 aliphatic heterocycles. The molecule has 0 saturated carbocycles. The van der Waals surface area contributed by atoms with Gasteiger partial charge in [0.05, 0.1) is 0 Å². The van der Waals surface area contributed by atoms with Crippen LogP contribution in [-0.2, 0) is 6.42 Å². The van der Waals surface area contributed by atoms with Gasteiger partial charge in [0.1, 0.15) is 0 Å². The first-order valence-corrected chi connectivity index (χ1v) is 7.28. The Morgan fingerprint density at radius 1 is 1.10 bits per heavy atom. The second-order valence-corrected chi connectivity index (χ2v) is 5.85. The summed E-state index contributed by atoms with van der Waals surface area (Å²) in [5.41, 5.74) is 5.13. The number of benzene rings is 2. The molecule has 3 heteroatoms. The fraction of sp³-hybridized carbons (Fsp3) is 0.167. The second kappa shape index (κ2) is 5.38. The standard InChI is InChI=1S/C18H16ClNO/c1-11-3-4-13(7-12(11)2)8-18(21)16-10-20-17-6-5-14(19)9-15(16)17/h3-7,9-10,20H,8H2,1-2H3. The van der Waals surface area contributed by atoms with Crippen molar-refractivity contribution in [2.45, 2.75) is 20.3 Å². The van der Waals surface area contributed by atoms with Gasteiger partial charge in [0.25, 0.3) is 0 Å². The van der Waals surface area contributed by atoms with Crippen molar-refractivity contribution in [3.63, 3.8) is 0 Å². The van der Waals surface area contributed by atoms with E-state index < -0.39 is 0 Å². The van der Waals surface area contributed by atoms with Crippen LogP contribution in [0, 0.1) is 13.8 Å². The van der Waals surface area contributed by atoms with Gasteiger partial charge in [-0.15, -0.1) is 0 Å². The topological polar surface area (TPSA) is 32.9 Å². The van der Waals surface area contributed by atoms with Gasteiger partial charge in [-0.1, -0.05) is 29.8 Å². The maximum absolute atomic E-state index is 12.5. The molecule has 0 aliphatic carbocycles. The summed E-state index contributed by atoms with van der Waals surface area (Å²) < 4.78 is 0. The average Bonchev–Trinajstić information content (AvgIpc) is 2.86. The summed E-state index contributed by atoms with van der Waals surface area (Å²) in [4.78, 5) is 15.7. The van der Waals surface area contributed by atoms with Crippen LogP contribution in [0.5, 0.6) is 0 Å². The number of carbonyl (C=O) groups is 1. The Labute approximate surface area is 128 Å². The van der Waals surface area contributed by atoms with Gasteiger partial charge >= 0.3 is 0 Å². The van der Waals surface area contributed by atoms with Crippen LogP contribution in [0.15, 0.2) is 42.6 Å². The predicted molar refractivity (Wildman–Crippen MR) is 87.3 cm³/mol. The van der Waals surface area contributed by atoms with Crippen LogP contribution in [0.25, 0.3) is 10.9 Å². The SMILES string of the molecule is Cc1ccc(CC(=O)c2c[nH]c3ccc(Cl)cc23)cc1C. The van der Waals surface area contributed by atoms with Gasteiger partial charge in [0.15, 0.2) is 5.78 Å². The maximum atomic E-state index is 12.5. The Hall–Kier alpha value is -2.06. The van der Waals surface area contributed by atoms with Crippen molar-refractivity contribution in [3.05, 3.63) is 69.9 Å². The van der Waals surface area contributed by atoms with Crippen molar-refractivity contribution < 1.29 is 4.79 Å². The molecule has 0 aliphatic rings. The number of nitrogens with one attached hydrogen (secondary N) is 1. The minimum absolute atomic E-state index is 0.103. The van der Waals surface area contributed by atoms with E-state index in [4.69, 9.17) is 11.6 Å². The zero-order chi connectivity index (χ0) is 15.0. The maximum Gasteiger partial charge on any atom is 0.169 e. The van der Waals surface area contributed by atoms with Crippen molar-refractivity contribution in [1.82, 2.24) is 4.98 Å². The third kappa shape index (κ3) is 2.72. The highest BCUT2D eigenvalue weighted by Gasteiger charge is 2.13. The lowest BCUT2D eigenvalue weighted by Crippen LogP contribution is -2.03. The Balaban J connectivity index is 1.93. The predicted octanol–water partition coefficient (Wildman–Crippen LogP) is 4.86. The minimum Gasteiger partial charge on any atom is -0.360 e. The smallest absolute Gasteiger partial charge is 0.169 e. The second-order valence-electron chi connectivity index (χ2n) is 5.41. The number of rotatable bonds is 3. The highest BCUT2D eigenvalue weighted by Crippen LogP contribution is 2.24. The summed E-state index contributed by atoms with van der Waals surface area (Å²) in [5.74, 6) is 0.103. The number of H-pyrrole nitrogens is 1. The van der Waals surface area contributed by atoms with Crippen LogP contribution in [-0.4, -0.2) is 10.8 Å². The van der Waals surface area contributed by atoms with Crippen molar-refractivity contribution >= 4 is 28.3 Å². The van der Waals surface area contributed by atoms with Crippen LogP contribution < -0.4 is 0 Å². The largest absolute Gasteiger partial charge is 0.360 e. The molecule has 1 N–H and O–H groups in total. The molecule has 0 bridgehead atoms. The summed E-state index contributed by atoms with van der Waals surface area (Å²) in [5, 5.41) is 1.53. The molecule has 1 aromatic heterocycles. The van der Waals surface area contributed by atoms with Crippen LogP contribution in [0.2, 0.25) is 5.02 Å². The number of aryl methyl sites for hydroxylation is 2. The molecule has 0 unspecified atom stereocenters. The lowest BCUT2D eigenvalue weighted by atomic mass is 9.99. The molecule has 21 heavy (non-hydrogen) atoms. The van der Waals surface area contributed by atoms with Crippen molar-refractivity contribution in [3.8, 4) is 0 Å². The molecule has 0 amide bonds. The number of Topliss-reactive ketones (excluding diaryl/α,β-unsaturated/α-hetero) is 1. The molecule has 3 aromatic rings. The van der Waals surface area contributed by atoms with Gasteiger partial charge in [-0.3, -0.25) is 4.79 Å². The van der Waals surface area contributed by atoms with Crippen molar-refractivity contribution in [2.24, 2.45) is 0 Å². The van der Waals surface area contributed by atoms with E-state index in [2.05, 4.69) is 31.0 Å².